The predicted molar refractivity (Wildman–Crippen MR) is 93.0 cm³/mol. The van der Waals surface area contributed by atoms with Gasteiger partial charge < -0.3 is 5.32 Å². The van der Waals surface area contributed by atoms with Gasteiger partial charge in [0.2, 0.25) is 0 Å². The van der Waals surface area contributed by atoms with Crippen LogP contribution in [0.5, 0.6) is 0 Å². The van der Waals surface area contributed by atoms with Gasteiger partial charge in [0.05, 0.1) is 14.4 Å². The van der Waals surface area contributed by atoms with Crippen LogP contribution in [0.2, 0.25) is 0 Å². The van der Waals surface area contributed by atoms with Gasteiger partial charge in [-0.1, -0.05) is 6.92 Å². The Morgan fingerprint density at radius 2 is 1.86 bits per heavy atom. The van der Waals surface area contributed by atoms with Gasteiger partial charge in [0.25, 0.3) is 0 Å². The number of thiophene rings is 1. The van der Waals surface area contributed by atoms with E-state index >= 15 is 0 Å². The molecule has 0 saturated heterocycles. The minimum atomic E-state index is -3.12. The van der Waals surface area contributed by atoms with Gasteiger partial charge in [0, 0.05) is 17.1 Å². The Kier molecular flexibility index (Phi) is 5.84. The third-order valence-electron chi connectivity index (χ3n) is 3.02. The molecule has 0 bridgehead atoms. The molecule has 3 nitrogen and oxygen atoms in total. The summed E-state index contributed by atoms with van der Waals surface area (Å²) >= 11 is 5.18. The molecule has 0 radical (unpaired) electrons. The van der Waals surface area contributed by atoms with Crippen LogP contribution in [-0.4, -0.2) is 20.7 Å². The van der Waals surface area contributed by atoms with Crippen LogP contribution in [0, 0.1) is 0 Å². The number of anilines is 1. The lowest BCUT2D eigenvalue weighted by atomic mass is 10.3. The lowest BCUT2D eigenvalue weighted by molar-refractivity contribution is 0.595. The third-order valence-corrected chi connectivity index (χ3v) is 6.64. The highest BCUT2D eigenvalue weighted by atomic mass is 79.9. The number of rotatable bonds is 7. The van der Waals surface area contributed by atoms with Crippen molar-refractivity contribution < 1.29 is 8.42 Å². The zero-order chi connectivity index (χ0) is 15.3. The van der Waals surface area contributed by atoms with Crippen molar-refractivity contribution in [3.63, 3.8) is 0 Å². The zero-order valence-corrected chi connectivity index (χ0v) is 15.0. The summed E-state index contributed by atoms with van der Waals surface area (Å²) in [6.07, 6.45) is 1.59. The van der Waals surface area contributed by atoms with Gasteiger partial charge in [0.15, 0.2) is 9.84 Å². The molecule has 0 fully saturated rings. The summed E-state index contributed by atoms with van der Waals surface area (Å²) in [5, 5.41) is 3.31. The molecular weight excluding hydrogens is 370 g/mol. The van der Waals surface area contributed by atoms with Crippen molar-refractivity contribution in [3.8, 4) is 0 Å². The van der Waals surface area contributed by atoms with E-state index in [0.717, 1.165) is 22.4 Å². The van der Waals surface area contributed by atoms with E-state index in [0.29, 0.717) is 11.3 Å². The molecule has 0 saturated carbocycles. The summed E-state index contributed by atoms with van der Waals surface area (Å²) in [5.41, 5.74) is 0.945. The maximum Gasteiger partial charge on any atom is 0.178 e. The number of hydrogen-bond donors (Lipinski definition) is 1. The van der Waals surface area contributed by atoms with E-state index < -0.39 is 9.84 Å². The first-order chi connectivity index (χ1) is 10.0. The fourth-order valence-corrected chi connectivity index (χ4v) is 4.79. The topological polar surface area (TPSA) is 46.2 Å². The Morgan fingerprint density at radius 1 is 1.14 bits per heavy atom. The van der Waals surface area contributed by atoms with Crippen molar-refractivity contribution >= 4 is 42.8 Å². The van der Waals surface area contributed by atoms with Crippen molar-refractivity contribution in [2.24, 2.45) is 0 Å². The van der Waals surface area contributed by atoms with E-state index in [1.54, 1.807) is 23.5 Å². The smallest absolute Gasteiger partial charge is 0.178 e. The van der Waals surface area contributed by atoms with E-state index in [9.17, 15) is 8.42 Å². The number of sulfone groups is 1. The van der Waals surface area contributed by atoms with Crippen LogP contribution in [0.25, 0.3) is 0 Å². The minimum absolute atomic E-state index is 0.201. The van der Waals surface area contributed by atoms with Gasteiger partial charge in [-0.15, -0.1) is 11.3 Å². The molecule has 0 atom stereocenters. The van der Waals surface area contributed by atoms with Gasteiger partial charge in [-0.3, -0.25) is 0 Å². The van der Waals surface area contributed by atoms with Gasteiger partial charge in [-0.05, 0) is 65.2 Å². The highest BCUT2D eigenvalue weighted by Crippen LogP contribution is 2.22. The first-order valence-electron chi connectivity index (χ1n) is 6.82. The molecular formula is C15H18BrNO2S2. The number of hydrogen-bond acceptors (Lipinski definition) is 4. The molecule has 114 valence electrons. The second kappa shape index (κ2) is 7.42. The number of halogens is 1. The Hall–Kier alpha value is -0.850. The van der Waals surface area contributed by atoms with Crippen molar-refractivity contribution in [3.05, 3.63) is 45.1 Å². The number of benzene rings is 1. The lowest BCUT2D eigenvalue weighted by Gasteiger charge is -2.07. The van der Waals surface area contributed by atoms with Crippen molar-refractivity contribution in [1.29, 1.82) is 0 Å². The monoisotopic (exact) mass is 387 g/mol. The Balaban J connectivity index is 1.90. The van der Waals surface area contributed by atoms with Crippen LogP contribution in [0.15, 0.2) is 45.1 Å². The average molecular weight is 388 g/mol. The molecule has 1 aromatic heterocycles. The Labute approximate surface area is 138 Å². The fraction of sp³-hybridized carbons (Fsp3) is 0.333. The molecule has 1 N–H and O–H groups in total. The molecule has 2 aromatic rings. The molecule has 0 amide bonds. The first-order valence-corrected chi connectivity index (χ1v) is 10.1. The lowest BCUT2D eigenvalue weighted by Crippen LogP contribution is -2.07. The van der Waals surface area contributed by atoms with Gasteiger partial charge in [0.1, 0.15) is 0 Å². The quantitative estimate of drug-likeness (QED) is 0.767. The van der Waals surface area contributed by atoms with E-state index in [4.69, 9.17) is 0 Å². The zero-order valence-electron chi connectivity index (χ0n) is 11.8. The predicted octanol–water partition coefficient (Wildman–Crippen LogP) is 4.35. The normalized spacial score (nSPS) is 11.5. The van der Waals surface area contributed by atoms with E-state index in [-0.39, 0.29) is 5.75 Å². The van der Waals surface area contributed by atoms with Crippen LogP contribution < -0.4 is 5.32 Å². The second-order valence-corrected chi connectivity index (χ2v) is 9.38. The van der Waals surface area contributed by atoms with Crippen LogP contribution in [-0.2, 0) is 16.3 Å². The Bertz CT molecular complexity index is 678. The molecule has 1 aromatic carbocycles. The van der Waals surface area contributed by atoms with E-state index in [1.165, 1.54) is 4.88 Å². The SMILES string of the molecule is CCCS(=O)(=O)c1ccc(NCCc2ccc(Br)s2)cc1. The van der Waals surface area contributed by atoms with Crippen molar-refractivity contribution in [2.75, 3.05) is 17.6 Å². The van der Waals surface area contributed by atoms with E-state index in [2.05, 4.69) is 27.3 Å². The summed E-state index contributed by atoms with van der Waals surface area (Å²) in [6.45, 7) is 2.70. The molecule has 6 heteroatoms. The largest absolute Gasteiger partial charge is 0.385 e. The molecule has 0 aliphatic rings. The van der Waals surface area contributed by atoms with Crippen LogP contribution in [0.4, 0.5) is 5.69 Å². The average Bonchev–Trinajstić information content (AvgIpc) is 2.85. The Morgan fingerprint density at radius 3 is 2.43 bits per heavy atom. The maximum atomic E-state index is 11.9. The molecule has 0 aliphatic carbocycles. The highest BCUT2D eigenvalue weighted by molar-refractivity contribution is 9.11. The summed E-state index contributed by atoms with van der Waals surface area (Å²) in [4.78, 5) is 1.72. The third kappa shape index (κ3) is 4.83. The number of nitrogens with one attached hydrogen (secondary N) is 1. The molecule has 21 heavy (non-hydrogen) atoms. The van der Waals surface area contributed by atoms with Gasteiger partial charge >= 0.3 is 0 Å². The minimum Gasteiger partial charge on any atom is -0.385 e. The van der Waals surface area contributed by atoms with Crippen molar-refractivity contribution in [2.45, 2.75) is 24.7 Å². The summed E-state index contributed by atoms with van der Waals surface area (Å²) in [6, 6.07) is 11.2. The molecule has 0 unspecified atom stereocenters. The highest BCUT2D eigenvalue weighted by Gasteiger charge is 2.12. The fourth-order valence-electron chi connectivity index (χ4n) is 1.98. The molecule has 0 spiro atoms. The summed E-state index contributed by atoms with van der Waals surface area (Å²) in [7, 11) is -3.12. The molecule has 0 aliphatic heterocycles. The second-order valence-electron chi connectivity index (χ2n) is 4.73. The van der Waals surface area contributed by atoms with E-state index in [1.807, 2.05) is 25.1 Å². The molecule has 1 heterocycles. The van der Waals surface area contributed by atoms with Crippen LogP contribution >= 0.6 is 27.3 Å². The first kappa shape index (κ1) is 16.5. The van der Waals surface area contributed by atoms with Crippen LogP contribution in [0.3, 0.4) is 0 Å². The standard InChI is InChI=1S/C15H18BrNO2S2/c1-2-11-21(18,19)14-6-3-12(4-7-14)17-10-9-13-5-8-15(16)20-13/h3-8,17H,2,9-11H2,1H3. The van der Waals surface area contributed by atoms with Crippen molar-refractivity contribution in [1.82, 2.24) is 0 Å². The van der Waals surface area contributed by atoms with Gasteiger partial charge in [-0.2, -0.15) is 0 Å². The summed E-state index contributed by atoms with van der Waals surface area (Å²) < 4.78 is 25.0. The summed E-state index contributed by atoms with van der Waals surface area (Å²) in [5.74, 6) is 0.201. The maximum absolute atomic E-state index is 11.9. The molecule has 2 rings (SSSR count). The van der Waals surface area contributed by atoms with Crippen LogP contribution in [0.1, 0.15) is 18.2 Å². The van der Waals surface area contributed by atoms with Gasteiger partial charge in [-0.25, -0.2) is 8.42 Å².